The van der Waals surface area contributed by atoms with Crippen molar-refractivity contribution in [1.82, 2.24) is 0 Å². The molecule has 0 aromatic heterocycles. The Hall–Kier alpha value is -0.910. The minimum Gasteiger partial charge on any atom is -0.399 e. The van der Waals surface area contributed by atoms with Gasteiger partial charge in [0.05, 0.1) is 5.75 Å². The predicted octanol–water partition coefficient (Wildman–Crippen LogP) is 0.492. The van der Waals surface area contributed by atoms with Crippen LogP contribution in [0, 0.1) is 0 Å². The van der Waals surface area contributed by atoms with Crippen molar-refractivity contribution in [2.75, 3.05) is 11.5 Å². The van der Waals surface area contributed by atoms with Crippen molar-refractivity contribution in [3.05, 3.63) is 29.3 Å². The van der Waals surface area contributed by atoms with E-state index in [0.717, 1.165) is 11.1 Å². The van der Waals surface area contributed by atoms with E-state index in [-0.39, 0.29) is 5.75 Å². The van der Waals surface area contributed by atoms with Crippen LogP contribution in [0.1, 0.15) is 11.1 Å². The molecule has 0 amide bonds. The fraction of sp³-hybridized carbons (Fsp3) is 0.333. The molecule has 1 rings (SSSR count). The minimum absolute atomic E-state index is 0.219. The minimum atomic E-state index is -1.76. The van der Waals surface area contributed by atoms with E-state index in [9.17, 15) is 4.21 Å². The van der Waals surface area contributed by atoms with Crippen LogP contribution in [0.2, 0.25) is 0 Å². The summed E-state index contributed by atoms with van der Waals surface area (Å²) in [7, 11) is 0. The lowest BCUT2D eigenvalue weighted by atomic mass is 10.0. The van der Waals surface area contributed by atoms with Crippen molar-refractivity contribution in [3.63, 3.8) is 0 Å². The molecule has 4 nitrogen and oxygen atoms in total. The van der Waals surface area contributed by atoms with Crippen molar-refractivity contribution in [3.8, 4) is 0 Å². The Morgan fingerprint density at radius 1 is 1.36 bits per heavy atom. The molecule has 1 aromatic rings. The first-order valence-corrected chi connectivity index (χ1v) is 5.56. The largest absolute Gasteiger partial charge is 0.399 e. The molecular weight excluding hydrogens is 200 g/mol. The van der Waals surface area contributed by atoms with Gasteiger partial charge in [0.2, 0.25) is 0 Å². The molecule has 0 fully saturated rings. The number of anilines is 1. The summed E-state index contributed by atoms with van der Waals surface area (Å²) in [5.74, 6) is 0.219. The lowest BCUT2D eigenvalue weighted by Crippen LogP contribution is -2.06. The van der Waals surface area contributed by atoms with Gasteiger partial charge in [-0.3, -0.25) is 0 Å². The van der Waals surface area contributed by atoms with Gasteiger partial charge in [-0.1, -0.05) is 6.07 Å². The van der Waals surface area contributed by atoms with Crippen LogP contribution < -0.4 is 11.5 Å². The second-order valence-electron chi connectivity index (χ2n) is 3.01. The molecule has 14 heavy (non-hydrogen) atoms. The van der Waals surface area contributed by atoms with Crippen LogP contribution in [0.5, 0.6) is 0 Å². The Bertz CT molecular complexity index is 342. The molecule has 0 saturated heterocycles. The maximum absolute atomic E-state index is 10.5. The average molecular weight is 214 g/mol. The lowest BCUT2D eigenvalue weighted by Gasteiger charge is -2.07. The number of aryl methyl sites for hydroxylation is 1. The first kappa shape index (κ1) is 11.2. The number of nitrogen functional groups attached to an aromatic ring is 1. The molecule has 0 bridgehead atoms. The first-order chi connectivity index (χ1) is 6.63. The highest BCUT2D eigenvalue weighted by Gasteiger charge is 2.03. The average Bonchev–Trinajstić information content (AvgIpc) is 2.15. The summed E-state index contributed by atoms with van der Waals surface area (Å²) in [6, 6.07) is 5.43. The molecule has 0 aliphatic rings. The summed E-state index contributed by atoms with van der Waals surface area (Å²) < 4.78 is 19.2. The molecule has 1 unspecified atom stereocenters. The molecule has 1 atom stereocenters. The van der Waals surface area contributed by atoms with Gasteiger partial charge in [0, 0.05) is 12.2 Å². The van der Waals surface area contributed by atoms with Gasteiger partial charge < -0.3 is 16.0 Å². The summed E-state index contributed by atoms with van der Waals surface area (Å²) in [5, 5.41) is 0. The Labute approximate surface area is 85.6 Å². The molecule has 0 spiro atoms. The van der Waals surface area contributed by atoms with E-state index in [1.165, 1.54) is 0 Å². The number of rotatable bonds is 4. The summed E-state index contributed by atoms with van der Waals surface area (Å²) in [4.78, 5) is 0. The van der Waals surface area contributed by atoms with Crippen LogP contribution in [-0.4, -0.2) is 14.5 Å². The molecule has 0 saturated carbocycles. The third-order valence-electron chi connectivity index (χ3n) is 2.00. The highest BCUT2D eigenvalue weighted by atomic mass is 32.2. The van der Waals surface area contributed by atoms with Crippen molar-refractivity contribution in [2.45, 2.75) is 13.0 Å². The van der Waals surface area contributed by atoms with Gasteiger partial charge in [-0.05, 0) is 29.7 Å². The molecule has 0 radical (unpaired) electrons. The lowest BCUT2D eigenvalue weighted by molar-refractivity contribution is 0.563. The summed E-state index contributed by atoms with van der Waals surface area (Å²) >= 11 is -1.76. The molecule has 0 heterocycles. The Balaban J connectivity index is 2.82. The van der Waals surface area contributed by atoms with Gasteiger partial charge in [-0.15, -0.1) is 0 Å². The van der Waals surface area contributed by atoms with Gasteiger partial charge in [0.15, 0.2) is 11.1 Å². The first-order valence-electron chi connectivity index (χ1n) is 4.28. The van der Waals surface area contributed by atoms with Crippen LogP contribution >= 0.6 is 0 Å². The summed E-state index contributed by atoms with van der Waals surface area (Å²) in [6.45, 7) is 0.424. The van der Waals surface area contributed by atoms with Crippen molar-refractivity contribution >= 4 is 16.8 Å². The SMILES string of the molecule is NCc1ccc(N)cc1CCS(=O)O. The Morgan fingerprint density at radius 2 is 2.07 bits per heavy atom. The monoisotopic (exact) mass is 214 g/mol. The normalized spacial score (nSPS) is 12.7. The molecule has 0 aliphatic carbocycles. The number of hydrogen-bond acceptors (Lipinski definition) is 3. The topological polar surface area (TPSA) is 89.3 Å². The number of benzene rings is 1. The highest BCUT2D eigenvalue weighted by molar-refractivity contribution is 7.79. The molecular formula is C9H14N2O2S. The fourth-order valence-corrected chi connectivity index (χ4v) is 1.67. The molecule has 1 aromatic carbocycles. The summed E-state index contributed by atoms with van der Waals surface area (Å²) in [6.07, 6.45) is 0.528. The number of hydrogen-bond donors (Lipinski definition) is 3. The van der Waals surface area contributed by atoms with Crippen LogP contribution in [0.25, 0.3) is 0 Å². The van der Waals surface area contributed by atoms with Gasteiger partial charge in [-0.25, -0.2) is 4.21 Å². The predicted molar refractivity (Wildman–Crippen MR) is 58.1 cm³/mol. The second-order valence-corrected chi connectivity index (χ2v) is 4.06. The maximum Gasteiger partial charge on any atom is 0.153 e. The molecule has 5 N–H and O–H groups in total. The van der Waals surface area contributed by atoms with E-state index in [4.69, 9.17) is 16.0 Å². The fourth-order valence-electron chi connectivity index (χ4n) is 1.27. The zero-order valence-electron chi connectivity index (χ0n) is 7.77. The summed E-state index contributed by atoms with van der Waals surface area (Å²) in [5.41, 5.74) is 13.7. The third kappa shape index (κ3) is 3.10. The molecule has 78 valence electrons. The Morgan fingerprint density at radius 3 is 2.64 bits per heavy atom. The van der Waals surface area contributed by atoms with Crippen molar-refractivity contribution in [2.24, 2.45) is 5.73 Å². The smallest absolute Gasteiger partial charge is 0.153 e. The quantitative estimate of drug-likeness (QED) is 0.502. The highest BCUT2D eigenvalue weighted by Crippen LogP contribution is 2.14. The van der Waals surface area contributed by atoms with E-state index in [1.807, 2.05) is 6.07 Å². The van der Waals surface area contributed by atoms with Gasteiger partial charge in [-0.2, -0.15) is 0 Å². The van der Waals surface area contributed by atoms with E-state index >= 15 is 0 Å². The third-order valence-corrected chi connectivity index (χ3v) is 2.55. The zero-order chi connectivity index (χ0) is 10.6. The van der Waals surface area contributed by atoms with E-state index in [2.05, 4.69) is 0 Å². The van der Waals surface area contributed by atoms with Crippen molar-refractivity contribution in [1.29, 1.82) is 0 Å². The Kier molecular flexibility index (Phi) is 4.06. The standard InChI is InChI=1S/C9H14N2O2S/c10-6-8-1-2-9(11)5-7(8)3-4-14(12)13/h1-2,5H,3-4,6,10-11H2,(H,12,13). The van der Waals surface area contributed by atoms with E-state index < -0.39 is 11.1 Å². The van der Waals surface area contributed by atoms with Crippen molar-refractivity contribution < 1.29 is 8.76 Å². The van der Waals surface area contributed by atoms with Crippen LogP contribution in [0.15, 0.2) is 18.2 Å². The molecule has 0 aliphatic heterocycles. The van der Waals surface area contributed by atoms with E-state index in [0.29, 0.717) is 18.7 Å². The van der Waals surface area contributed by atoms with Crippen LogP contribution in [0.4, 0.5) is 5.69 Å². The maximum atomic E-state index is 10.5. The van der Waals surface area contributed by atoms with Gasteiger partial charge >= 0.3 is 0 Å². The second kappa shape index (κ2) is 5.09. The number of nitrogens with two attached hydrogens (primary N) is 2. The van der Waals surface area contributed by atoms with Crippen LogP contribution in [-0.2, 0) is 24.0 Å². The van der Waals surface area contributed by atoms with E-state index in [1.54, 1.807) is 12.1 Å². The van der Waals surface area contributed by atoms with Gasteiger partial charge in [0.1, 0.15) is 0 Å². The zero-order valence-corrected chi connectivity index (χ0v) is 8.59. The van der Waals surface area contributed by atoms with Crippen LogP contribution in [0.3, 0.4) is 0 Å². The van der Waals surface area contributed by atoms with Gasteiger partial charge in [0.25, 0.3) is 0 Å². The molecule has 5 heteroatoms.